The van der Waals surface area contributed by atoms with Gasteiger partial charge in [-0.15, -0.1) is 0 Å². The molecule has 2 aliphatic rings. The van der Waals surface area contributed by atoms with Crippen LogP contribution in [-0.2, 0) is 20.8 Å². The monoisotopic (exact) mass is 682 g/mol. The first kappa shape index (κ1) is 35.4. The molecule has 1 atom stereocenters. The maximum Gasteiger partial charge on any atom is 0.510 e. The van der Waals surface area contributed by atoms with Crippen LogP contribution in [0.5, 0.6) is 5.75 Å². The van der Waals surface area contributed by atoms with Crippen LogP contribution < -0.4 is 9.64 Å². The van der Waals surface area contributed by atoms with Crippen LogP contribution in [0.2, 0.25) is 0 Å². The number of anilines is 1. The van der Waals surface area contributed by atoms with Crippen LogP contribution in [0.3, 0.4) is 0 Å². The fourth-order valence-electron chi connectivity index (χ4n) is 5.86. The molecule has 1 fully saturated rings. The molecule has 2 aliphatic heterocycles. The van der Waals surface area contributed by atoms with Gasteiger partial charge in [0.15, 0.2) is 23.9 Å². The number of nitrogens with zero attached hydrogens (tertiary/aromatic N) is 6. The maximum atomic E-state index is 15.3. The summed E-state index contributed by atoms with van der Waals surface area (Å²) in [6.45, 7) is 12.7. The lowest BCUT2D eigenvalue weighted by Gasteiger charge is -2.34. The van der Waals surface area contributed by atoms with E-state index in [1.165, 1.54) is 22.9 Å². The van der Waals surface area contributed by atoms with Gasteiger partial charge < -0.3 is 38.2 Å². The molecule has 15 heteroatoms. The van der Waals surface area contributed by atoms with E-state index < -0.39 is 42.3 Å². The van der Waals surface area contributed by atoms with Crippen molar-refractivity contribution in [2.24, 2.45) is 0 Å². The zero-order chi connectivity index (χ0) is 35.5. The zero-order valence-electron chi connectivity index (χ0n) is 28.7. The number of hydrogen-bond acceptors (Lipinski definition) is 11. The molecule has 0 bridgehead atoms. The van der Waals surface area contributed by atoms with Crippen molar-refractivity contribution in [1.29, 1.82) is 0 Å². The van der Waals surface area contributed by atoms with Crippen molar-refractivity contribution in [3.8, 4) is 5.75 Å². The van der Waals surface area contributed by atoms with Crippen LogP contribution >= 0.6 is 0 Å². The highest BCUT2D eigenvalue weighted by molar-refractivity contribution is 5.99. The molecular formula is C34H43FN6O8. The molecule has 0 spiro atoms. The predicted octanol–water partition coefficient (Wildman–Crippen LogP) is 4.62. The van der Waals surface area contributed by atoms with Gasteiger partial charge in [0.05, 0.1) is 12.2 Å². The van der Waals surface area contributed by atoms with E-state index in [9.17, 15) is 19.2 Å². The fourth-order valence-corrected chi connectivity index (χ4v) is 5.86. The number of likely N-dealkylation sites (N-methyl/N-ethyl adjacent to an activating group) is 2. The summed E-state index contributed by atoms with van der Waals surface area (Å²) in [6, 6.07) is 6.69. The number of aromatic nitrogens is 1. The number of carbonyl (C=O) groups excluding carboxylic acids is 4. The molecule has 4 heterocycles. The zero-order valence-corrected chi connectivity index (χ0v) is 28.7. The maximum absolute atomic E-state index is 15.3. The number of piperazine rings is 1. The number of pyridine rings is 1. The Morgan fingerprint density at radius 3 is 2.51 bits per heavy atom. The van der Waals surface area contributed by atoms with Gasteiger partial charge in [-0.05, 0) is 58.0 Å². The Morgan fingerprint density at radius 1 is 1.12 bits per heavy atom. The van der Waals surface area contributed by atoms with Crippen LogP contribution in [-0.4, -0.2) is 114 Å². The third-order valence-corrected chi connectivity index (χ3v) is 8.45. The number of halogens is 1. The summed E-state index contributed by atoms with van der Waals surface area (Å²) in [5.74, 6) is -0.289. The third kappa shape index (κ3) is 7.88. The fraction of sp³-hybridized carbons (Fsp3) is 0.500. The molecule has 0 aliphatic carbocycles. The number of ether oxygens (including phenoxy) is 3. The van der Waals surface area contributed by atoms with Crippen LogP contribution in [0.15, 0.2) is 34.7 Å². The lowest BCUT2D eigenvalue weighted by Crippen LogP contribution is -2.46. The molecule has 0 unspecified atom stereocenters. The van der Waals surface area contributed by atoms with Crippen molar-refractivity contribution in [2.45, 2.75) is 52.8 Å². The van der Waals surface area contributed by atoms with Gasteiger partial charge in [-0.3, -0.25) is 9.59 Å². The normalized spacial score (nSPS) is 15.6. The van der Waals surface area contributed by atoms with Gasteiger partial charge in [-0.25, -0.2) is 23.9 Å². The van der Waals surface area contributed by atoms with Crippen LogP contribution in [0, 0.1) is 5.82 Å². The molecule has 0 radical (unpaired) electrons. The molecule has 49 heavy (non-hydrogen) atoms. The summed E-state index contributed by atoms with van der Waals surface area (Å²) in [7, 11) is 1.43. The number of fused-ring (bicyclic) bond motifs is 2. The summed E-state index contributed by atoms with van der Waals surface area (Å²) in [5, 5.41) is 0. The highest BCUT2D eigenvalue weighted by atomic mass is 19.1. The Kier molecular flexibility index (Phi) is 10.6. The minimum Gasteiger partial charge on any atom is -0.491 e. The topological polar surface area (TPSA) is 138 Å². The van der Waals surface area contributed by atoms with E-state index in [0.717, 1.165) is 38.5 Å². The highest BCUT2D eigenvalue weighted by Crippen LogP contribution is 2.35. The van der Waals surface area contributed by atoms with E-state index in [1.807, 2.05) is 6.07 Å². The number of carbonyl (C=O) groups is 4. The van der Waals surface area contributed by atoms with E-state index >= 15 is 4.39 Å². The van der Waals surface area contributed by atoms with Crippen molar-refractivity contribution in [3.05, 3.63) is 53.0 Å². The number of furan rings is 1. The summed E-state index contributed by atoms with van der Waals surface area (Å²) in [5.41, 5.74) is 0.522. The van der Waals surface area contributed by atoms with E-state index in [4.69, 9.17) is 23.6 Å². The standard InChI is InChI=1S/C34H43FN6O8/c1-7-38-13-15-39(16-14-38)28-12-11-25-23(36-28)17-27(48-25)24(37(6)32(44)41(20-42)21-47-33(45)49-34(3,4)5)19-40-18-22-9-10-26(46-8-2)30(35)29(22)31(40)43/h9-12,17,20,24H,7-8,13-16,18-19,21H2,1-6H3/t24-/m0/s1. The summed E-state index contributed by atoms with van der Waals surface area (Å²) >= 11 is 0. The summed E-state index contributed by atoms with van der Waals surface area (Å²) < 4.78 is 37.1. The van der Waals surface area contributed by atoms with E-state index in [1.54, 1.807) is 45.9 Å². The van der Waals surface area contributed by atoms with Crippen molar-refractivity contribution in [3.63, 3.8) is 0 Å². The molecule has 264 valence electrons. The van der Waals surface area contributed by atoms with Crippen molar-refractivity contribution in [2.75, 3.05) is 64.6 Å². The molecule has 1 saturated heterocycles. The molecule has 2 aromatic heterocycles. The van der Waals surface area contributed by atoms with Gasteiger partial charge in [0.1, 0.15) is 28.7 Å². The average molecular weight is 683 g/mol. The smallest absolute Gasteiger partial charge is 0.491 e. The molecular weight excluding hydrogens is 639 g/mol. The first-order valence-electron chi connectivity index (χ1n) is 16.3. The minimum atomic E-state index is -1.06. The van der Waals surface area contributed by atoms with Crippen LogP contribution in [0.4, 0.5) is 19.8 Å². The minimum absolute atomic E-state index is 0.0258. The number of hydrogen-bond donors (Lipinski definition) is 0. The number of urea groups is 1. The molecule has 1 aromatic carbocycles. The number of rotatable bonds is 11. The first-order valence-corrected chi connectivity index (χ1v) is 16.3. The Balaban J connectivity index is 1.43. The molecule has 0 saturated carbocycles. The van der Waals surface area contributed by atoms with Crippen LogP contribution in [0.1, 0.15) is 62.3 Å². The van der Waals surface area contributed by atoms with Gasteiger partial charge in [0, 0.05) is 52.4 Å². The molecule has 4 amide bonds. The number of amides is 4. The summed E-state index contributed by atoms with van der Waals surface area (Å²) in [6.07, 6.45) is -0.831. The molecule has 14 nitrogen and oxygen atoms in total. The average Bonchev–Trinajstić information content (AvgIpc) is 3.64. The predicted molar refractivity (Wildman–Crippen MR) is 177 cm³/mol. The molecule has 3 aromatic rings. The molecule has 5 rings (SSSR count). The Hall–Kier alpha value is -4.92. The number of imide groups is 1. The van der Waals surface area contributed by atoms with Gasteiger partial charge in [-0.2, -0.15) is 0 Å². The van der Waals surface area contributed by atoms with E-state index in [0.29, 0.717) is 21.6 Å². The van der Waals surface area contributed by atoms with Crippen molar-refractivity contribution >= 4 is 41.4 Å². The largest absolute Gasteiger partial charge is 0.510 e. The second-order valence-corrected chi connectivity index (χ2v) is 12.9. The Labute approximate surface area is 284 Å². The molecule has 0 N–H and O–H groups in total. The van der Waals surface area contributed by atoms with Gasteiger partial charge >= 0.3 is 12.2 Å². The Bertz CT molecular complexity index is 1700. The van der Waals surface area contributed by atoms with Gasteiger partial charge in [0.2, 0.25) is 6.41 Å². The first-order chi connectivity index (χ1) is 23.3. The summed E-state index contributed by atoms with van der Waals surface area (Å²) in [4.78, 5) is 64.1. The SMILES string of the molecule is CCOc1ccc2c(c1F)C(=O)N(C[C@@H](c1cc3nc(N4CCN(CC)CC4)ccc3o1)N(C)C(=O)N(C=O)COC(=O)OC(C)(C)C)C2. The third-order valence-electron chi connectivity index (χ3n) is 8.45. The second kappa shape index (κ2) is 14.7. The number of benzene rings is 1. The van der Waals surface area contributed by atoms with Gasteiger partial charge in [0.25, 0.3) is 5.91 Å². The van der Waals surface area contributed by atoms with E-state index in [2.05, 4.69) is 16.7 Å². The van der Waals surface area contributed by atoms with Crippen LogP contribution in [0.25, 0.3) is 11.1 Å². The van der Waals surface area contributed by atoms with E-state index in [-0.39, 0.29) is 43.2 Å². The van der Waals surface area contributed by atoms with Crippen molar-refractivity contribution in [1.82, 2.24) is 24.6 Å². The quantitative estimate of drug-likeness (QED) is 0.159. The Morgan fingerprint density at radius 2 is 1.86 bits per heavy atom. The lowest BCUT2D eigenvalue weighted by atomic mass is 10.1. The van der Waals surface area contributed by atoms with Gasteiger partial charge in [-0.1, -0.05) is 13.0 Å². The highest BCUT2D eigenvalue weighted by Gasteiger charge is 2.37. The lowest BCUT2D eigenvalue weighted by molar-refractivity contribution is -0.119. The van der Waals surface area contributed by atoms with Crippen molar-refractivity contribution < 1.29 is 42.2 Å². The second-order valence-electron chi connectivity index (χ2n) is 12.9.